The third-order valence-electron chi connectivity index (χ3n) is 2.38. The molecule has 2 rings (SSSR count). The van der Waals surface area contributed by atoms with Gasteiger partial charge in [0.25, 0.3) is 0 Å². The SMILES string of the molecule is CC(Cc1ccco1)NC(=O)NC1CC1. The molecule has 1 atom stereocenters. The van der Waals surface area contributed by atoms with Crippen molar-refractivity contribution in [2.75, 3.05) is 0 Å². The molecule has 4 heteroatoms. The van der Waals surface area contributed by atoms with Gasteiger partial charge in [-0.15, -0.1) is 0 Å². The van der Waals surface area contributed by atoms with Crippen molar-refractivity contribution in [2.45, 2.75) is 38.3 Å². The summed E-state index contributed by atoms with van der Waals surface area (Å²) in [7, 11) is 0. The first-order chi connectivity index (χ1) is 7.24. The Morgan fingerprint density at radius 2 is 2.47 bits per heavy atom. The number of carbonyl (C=O) groups excluding carboxylic acids is 1. The van der Waals surface area contributed by atoms with Gasteiger partial charge in [-0.3, -0.25) is 0 Å². The van der Waals surface area contributed by atoms with Crippen LogP contribution in [0.3, 0.4) is 0 Å². The lowest BCUT2D eigenvalue weighted by Crippen LogP contribution is -2.42. The van der Waals surface area contributed by atoms with Gasteiger partial charge in [0.1, 0.15) is 5.76 Å². The van der Waals surface area contributed by atoms with Crippen LogP contribution < -0.4 is 10.6 Å². The average molecular weight is 208 g/mol. The highest BCUT2D eigenvalue weighted by Crippen LogP contribution is 2.18. The summed E-state index contributed by atoms with van der Waals surface area (Å²) in [6, 6.07) is 4.19. The van der Waals surface area contributed by atoms with Crippen LogP contribution in [0.15, 0.2) is 22.8 Å². The van der Waals surface area contributed by atoms with Crippen molar-refractivity contribution < 1.29 is 9.21 Å². The zero-order chi connectivity index (χ0) is 10.7. The number of rotatable bonds is 4. The van der Waals surface area contributed by atoms with Gasteiger partial charge < -0.3 is 15.1 Å². The Morgan fingerprint density at radius 3 is 3.07 bits per heavy atom. The van der Waals surface area contributed by atoms with Crippen LogP contribution in [0.1, 0.15) is 25.5 Å². The summed E-state index contributed by atoms with van der Waals surface area (Å²) in [5, 5.41) is 5.76. The Hall–Kier alpha value is -1.45. The molecule has 0 saturated heterocycles. The molecular weight excluding hydrogens is 192 g/mol. The van der Waals surface area contributed by atoms with E-state index in [1.165, 1.54) is 0 Å². The maximum Gasteiger partial charge on any atom is 0.315 e. The summed E-state index contributed by atoms with van der Waals surface area (Å²) in [5.41, 5.74) is 0. The van der Waals surface area contributed by atoms with Gasteiger partial charge >= 0.3 is 6.03 Å². The quantitative estimate of drug-likeness (QED) is 0.790. The first-order valence-electron chi connectivity index (χ1n) is 5.33. The lowest BCUT2D eigenvalue weighted by molar-refractivity contribution is 0.237. The van der Waals surface area contributed by atoms with Crippen molar-refractivity contribution >= 4 is 6.03 Å². The van der Waals surface area contributed by atoms with Gasteiger partial charge in [0.05, 0.1) is 6.26 Å². The van der Waals surface area contributed by atoms with Gasteiger partial charge in [-0.2, -0.15) is 0 Å². The maximum absolute atomic E-state index is 11.4. The Labute approximate surface area is 89.0 Å². The third kappa shape index (κ3) is 3.31. The molecular formula is C11H16N2O2. The summed E-state index contributed by atoms with van der Waals surface area (Å²) in [5.74, 6) is 0.897. The Balaban J connectivity index is 1.71. The zero-order valence-electron chi connectivity index (χ0n) is 8.82. The second-order valence-corrected chi connectivity index (χ2v) is 4.08. The molecule has 15 heavy (non-hydrogen) atoms. The first kappa shape index (κ1) is 10.1. The minimum Gasteiger partial charge on any atom is -0.469 e. The average Bonchev–Trinajstić information content (AvgIpc) is 2.80. The minimum atomic E-state index is -0.0726. The van der Waals surface area contributed by atoms with Crippen LogP contribution in [0.4, 0.5) is 4.79 Å². The molecule has 0 aliphatic heterocycles. The molecule has 1 unspecified atom stereocenters. The standard InChI is InChI=1S/C11H16N2O2/c1-8(7-10-3-2-6-15-10)12-11(14)13-9-4-5-9/h2-3,6,8-9H,4-5,7H2,1H3,(H2,12,13,14). The number of nitrogens with one attached hydrogen (secondary N) is 2. The van der Waals surface area contributed by atoms with E-state index in [1.54, 1.807) is 6.26 Å². The van der Waals surface area contributed by atoms with E-state index in [2.05, 4.69) is 10.6 Å². The first-order valence-corrected chi connectivity index (χ1v) is 5.33. The molecule has 1 aromatic rings. The van der Waals surface area contributed by atoms with E-state index in [9.17, 15) is 4.79 Å². The van der Waals surface area contributed by atoms with Gasteiger partial charge in [0, 0.05) is 18.5 Å². The highest BCUT2D eigenvalue weighted by atomic mass is 16.3. The molecule has 0 bridgehead atoms. The van der Waals surface area contributed by atoms with Gasteiger partial charge in [0.2, 0.25) is 0 Å². The monoisotopic (exact) mass is 208 g/mol. The van der Waals surface area contributed by atoms with Crippen LogP contribution in [0, 0.1) is 0 Å². The van der Waals surface area contributed by atoms with Crippen molar-refractivity contribution in [1.29, 1.82) is 0 Å². The Morgan fingerprint density at radius 1 is 1.67 bits per heavy atom. The van der Waals surface area contributed by atoms with E-state index in [4.69, 9.17) is 4.42 Å². The summed E-state index contributed by atoms with van der Waals surface area (Å²) in [6.45, 7) is 1.97. The topological polar surface area (TPSA) is 54.3 Å². The molecule has 1 saturated carbocycles. The van der Waals surface area contributed by atoms with Crippen LogP contribution >= 0.6 is 0 Å². The van der Waals surface area contributed by atoms with Crippen molar-refractivity contribution in [3.05, 3.63) is 24.2 Å². The van der Waals surface area contributed by atoms with E-state index >= 15 is 0 Å². The van der Waals surface area contributed by atoms with E-state index < -0.39 is 0 Å². The van der Waals surface area contributed by atoms with E-state index in [-0.39, 0.29) is 12.1 Å². The predicted octanol–water partition coefficient (Wildman–Crippen LogP) is 1.67. The molecule has 0 aromatic carbocycles. The highest BCUT2D eigenvalue weighted by Gasteiger charge is 2.23. The molecule has 1 heterocycles. The third-order valence-corrected chi connectivity index (χ3v) is 2.38. The molecule has 1 aliphatic carbocycles. The van der Waals surface area contributed by atoms with Crippen molar-refractivity contribution in [2.24, 2.45) is 0 Å². The largest absolute Gasteiger partial charge is 0.469 e. The highest BCUT2D eigenvalue weighted by molar-refractivity contribution is 5.74. The fourth-order valence-corrected chi connectivity index (χ4v) is 1.46. The summed E-state index contributed by atoms with van der Waals surface area (Å²) in [6.07, 6.45) is 4.59. The Bertz CT molecular complexity index is 317. The molecule has 0 radical (unpaired) electrons. The smallest absolute Gasteiger partial charge is 0.315 e. The number of urea groups is 1. The van der Waals surface area contributed by atoms with E-state index in [1.807, 2.05) is 19.1 Å². The molecule has 1 aliphatic rings. The lowest BCUT2D eigenvalue weighted by Gasteiger charge is -2.12. The molecule has 2 amide bonds. The number of carbonyl (C=O) groups is 1. The fourth-order valence-electron chi connectivity index (χ4n) is 1.46. The van der Waals surface area contributed by atoms with Gasteiger partial charge in [-0.1, -0.05) is 0 Å². The summed E-state index contributed by atoms with van der Waals surface area (Å²) in [4.78, 5) is 11.4. The van der Waals surface area contributed by atoms with E-state index in [0.717, 1.165) is 25.0 Å². The van der Waals surface area contributed by atoms with Crippen LogP contribution in [0.2, 0.25) is 0 Å². The molecule has 1 fully saturated rings. The molecule has 1 aromatic heterocycles. The second-order valence-electron chi connectivity index (χ2n) is 4.08. The number of hydrogen-bond acceptors (Lipinski definition) is 2. The van der Waals surface area contributed by atoms with Crippen LogP contribution in [-0.4, -0.2) is 18.1 Å². The maximum atomic E-state index is 11.4. The second kappa shape index (κ2) is 4.38. The summed E-state index contributed by atoms with van der Waals surface area (Å²) < 4.78 is 5.21. The van der Waals surface area contributed by atoms with E-state index in [0.29, 0.717) is 6.04 Å². The van der Waals surface area contributed by atoms with Crippen molar-refractivity contribution in [3.63, 3.8) is 0 Å². The van der Waals surface area contributed by atoms with Crippen molar-refractivity contribution in [1.82, 2.24) is 10.6 Å². The number of furan rings is 1. The molecule has 0 spiro atoms. The molecule has 82 valence electrons. The Kier molecular flexibility index (Phi) is 2.94. The molecule has 4 nitrogen and oxygen atoms in total. The predicted molar refractivity (Wildman–Crippen MR) is 56.6 cm³/mol. The summed E-state index contributed by atoms with van der Waals surface area (Å²) >= 11 is 0. The molecule has 2 N–H and O–H groups in total. The lowest BCUT2D eigenvalue weighted by atomic mass is 10.2. The normalized spacial score (nSPS) is 17.1. The van der Waals surface area contributed by atoms with Gasteiger partial charge in [-0.05, 0) is 31.9 Å². The van der Waals surface area contributed by atoms with Crippen LogP contribution in [0.25, 0.3) is 0 Å². The fraction of sp³-hybridized carbons (Fsp3) is 0.545. The van der Waals surface area contributed by atoms with Crippen molar-refractivity contribution in [3.8, 4) is 0 Å². The number of hydrogen-bond donors (Lipinski definition) is 2. The van der Waals surface area contributed by atoms with Gasteiger partial charge in [0.15, 0.2) is 0 Å². The zero-order valence-corrected chi connectivity index (χ0v) is 8.82. The van der Waals surface area contributed by atoms with Crippen LogP contribution in [-0.2, 0) is 6.42 Å². The van der Waals surface area contributed by atoms with Gasteiger partial charge in [-0.25, -0.2) is 4.79 Å². The number of amides is 2. The van der Waals surface area contributed by atoms with Crippen LogP contribution in [0.5, 0.6) is 0 Å². The minimum absolute atomic E-state index is 0.0726.